The lowest BCUT2D eigenvalue weighted by molar-refractivity contribution is -0.139. The number of hydrogen-bond donors (Lipinski definition) is 1. The largest absolute Gasteiger partial charge is 0.343 e. The zero-order valence-electron chi connectivity index (χ0n) is 19.5. The van der Waals surface area contributed by atoms with E-state index in [9.17, 15) is 9.59 Å². The number of nitrogens with one attached hydrogen (secondary N) is 1. The number of aryl methyl sites for hydroxylation is 2. The molecule has 3 aliphatic rings. The van der Waals surface area contributed by atoms with Crippen molar-refractivity contribution in [3.63, 3.8) is 0 Å². The minimum atomic E-state index is -0.438. The van der Waals surface area contributed by atoms with Gasteiger partial charge in [0.05, 0.1) is 6.54 Å². The molecule has 3 fully saturated rings. The Morgan fingerprint density at radius 2 is 1.88 bits per heavy atom. The van der Waals surface area contributed by atoms with Crippen molar-refractivity contribution < 1.29 is 9.59 Å². The molecule has 8 heteroatoms. The lowest BCUT2D eigenvalue weighted by Gasteiger charge is -2.46. The summed E-state index contributed by atoms with van der Waals surface area (Å²) in [6.45, 7) is 8.18. The molecule has 174 valence electrons. The van der Waals surface area contributed by atoms with Crippen molar-refractivity contribution in [1.82, 2.24) is 20.0 Å². The lowest BCUT2D eigenvalue weighted by atomic mass is 10.0. The third-order valence-electron chi connectivity index (χ3n) is 6.99. The first-order valence-corrected chi connectivity index (χ1v) is 11.8. The van der Waals surface area contributed by atoms with Crippen molar-refractivity contribution >= 4 is 29.2 Å². The number of carbonyl (C=O) groups is 2. The van der Waals surface area contributed by atoms with Crippen LogP contribution in [0.4, 0.5) is 10.5 Å². The molecule has 0 radical (unpaired) electrons. The summed E-state index contributed by atoms with van der Waals surface area (Å²) in [5, 5.41) is 4.26. The molecular formula is C25H30ClN5O2. The standard InChI is InChI=1S/C25H30ClN5O2/c1-15-6-5-7-18(10-15)14-31-23(32)21-22(28(4)25(31)33)27-24-29(12-16(2)13-30(21)24)20-11-19(26)9-8-17(20)3/h5-11,16,21-22,24,27H,12-14H2,1-4H3. The molecule has 0 aliphatic carbocycles. The van der Waals surface area contributed by atoms with Crippen LogP contribution in [0.3, 0.4) is 0 Å². The van der Waals surface area contributed by atoms with Gasteiger partial charge in [0, 0.05) is 30.8 Å². The maximum atomic E-state index is 13.7. The highest BCUT2D eigenvalue weighted by Gasteiger charge is 2.56. The summed E-state index contributed by atoms with van der Waals surface area (Å²) in [5.41, 5.74) is 4.24. The third kappa shape index (κ3) is 3.78. The predicted molar refractivity (Wildman–Crippen MR) is 129 cm³/mol. The summed E-state index contributed by atoms with van der Waals surface area (Å²) in [4.78, 5) is 34.5. The van der Waals surface area contributed by atoms with Crippen molar-refractivity contribution in [3.05, 3.63) is 64.2 Å². The van der Waals surface area contributed by atoms with Crippen molar-refractivity contribution in [2.24, 2.45) is 5.92 Å². The van der Waals surface area contributed by atoms with Gasteiger partial charge in [-0.2, -0.15) is 0 Å². The Morgan fingerprint density at radius 1 is 1.09 bits per heavy atom. The van der Waals surface area contributed by atoms with E-state index < -0.39 is 6.04 Å². The minimum absolute atomic E-state index is 0.142. The Balaban J connectivity index is 1.48. The smallest absolute Gasteiger partial charge is 0.328 e. The van der Waals surface area contributed by atoms with Crippen LogP contribution in [0.1, 0.15) is 23.6 Å². The van der Waals surface area contributed by atoms with Crippen LogP contribution in [-0.2, 0) is 11.3 Å². The summed E-state index contributed by atoms with van der Waals surface area (Å²) >= 11 is 6.34. The van der Waals surface area contributed by atoms with Crippen LogP contribution in [0.15, 0.2) is 42.5 Å². The number of anilines is 1. The quantitative estimate of drug-likeness (QED) is 0.749. The molecule has 0 bridgehead atoms. The molecule has 2 aromatic carbocycles. The van der Waals surface area contributed by atoms with E-state index in [2.05, 4.69) is 29.0 Å². The molecule has 33 heavy (non-hydrogen) atoms. The van der Waals surface area contributed by atoms with E-state index in [0.29, 0.717) is 10.9 Å². The van der Waals surface area contributed by atoms with Gasteiger partial charge in [-0.05, 0) is 43.0 Å². The Hall–Kier alpha value is -2.61. The van der Waals surface area contributed by atoms with E-state index in [-0.39, 0.29) is 30.9 Å². The Kier molecular flexibility index (Phi) is 5.59. The second-order valence-electron chi connectivity index (χ2n) is 9.62. The van der Waals surface area contributed by atoms with Crippen LogP contribution in [-0.4, -0.2) is 65.3 Å². The molecule has 2 aromatic rings. The number of likely N-dealkylation sites (N-methyl/N-ethyl adjacent to an activating group) is 1. The van der Waals surface area contributed by atoms with E-state index in [1.165, 1.54) is 4.90 Å². The monoisotopic (exact) mass is 467 g/mol. The molecule has 0 spiro atoms. The molecule has 4 unspecified atom stereocenters. The molecule has 0 aromatic heterocycles. The van der Waals surface area contributed by atoms with Gasteiger partial charge in [0.1, 0.15) is 18.5 Å². The van der Waals surface area contributed by atoms with Crippen LogP contribution in [0.5, 0.6) is 0 Å². The van der Waals surface area contributed by atoms with E-state index >= 15 is 0 Å². The van der Waals surface area contributed by atoms with E-state index in [1.807, 2.05) is 49.4 Å². The number of halogens is 1. The first-order chi connectivity index (χ1) is 15.7. The van der Waals surface area contributed by atoms with Gasteiger partial charge in [-0.15, -0.1) is 0 Å². The highest BCUT2D eigenvalue weighted by atomic mass is 35.5. The summed E-state index contributed by atoms with van der Waals surface area (Å²) in [6, 6.07) is 13.1. The van der Waals surface area contributed by atoms with Gasteiger partial charge in [0.2, 0.25) is 0 Å². The number of imide groups is 1. The van der Waals surface area contributed by atoms with Crippen molar-refractivity contribution in [2.45, 2.75) is 45.8 Å². The maximum absolute atomic E-state index is 13.7. The number of hydrogen-bond acceptors (Lipinski definition) is 5. The molecule has 3 saturated heterocycles. The average molecular weight is 468 g/mol. The molecule has 3 aliphatic heterocycles. The first-order valence-electron chi connectivity index (χ1n) is 11.4. The number of urea groups is 1. The molecule has 5 rings (SSSR count). The second kappa shape index (κ2) is 8.31. The van der Waals surface area contributed by atoms with E-state index in [1.54, 1.807) is 11.9 Å². The molecule has 0 saturated carbocycles. The molecule has 3 amide bonds. The topological polar surface area (TPSA) is 59.1 Å². The Labute approximate surface area is 199 Å². The number of benzene rings is 2. The van der Waals surface area contributed by atoms with Gasteiger partial charge in [-0.3, -0.25) is 19.9 Å². The summed E-state index contributed by atoms with van der Waals surface area (Å²) in [7, 11) is 1.78. The van der Waals surface area contributed by atoms with Gasteiger partial charge in [0.15, 0.2) is 0 Å². The Morgan fingerprint density at radius 3 is 2.64 bits per heavy atom. The molecular weight excluding hydrogens is 438 g/mol. The minimum Gasteiger partial charge on any atom is -0.343 e. The molecule has 1 N–H and O–H groups in total. The SMILES string of the molecule is Cc1cccc(CN2C(=O)C3C(NC4N(c5cc(Cl)ccc5C)CC(C)CN34)N(C)C2=O)c1. The van der Waals surface area contributed by atoms with Crippen molar-refractivity contribution in [1.29, 1.82) is 0 Å². The van der Waals surface area contributed by atoms with Gasteiger partial charge in [-0.25, -0.2) is 4.79 Å². The highest BCUT2D eigenvalue weighted by Crippen LogP contribution is 2.36. The number of rotatable bonds is 3. The number of amides is 3. The lowest BCUT2D eigenvalue weighted by Crippen LogP contribution is -2.66. The van der Waals surface area contributed by atoms with Crippen LogP contribution < -0.4 is 10.2 Å². The van der Waals surface area contributed by atoms with Crippen LogP contribution in [0, 0.1) is 19.8 Å². The highest BCUT2D eigenvalue weighted by molar-refractivity contribution is 6.30. The summed E-state index contributed by atoms with van der Waals surface area (Å²) < 4.78 is 0. The normalized spacial score (nSPS) is 27.7. The zero-order valence-corrected chi connectivity index (χ0v) is 20.2. The summed E-state index contributed by atoms with van der Waals surface area (Å²) in [5.74, 6) is 0.206. The van der Waals surface area contributed by atoms with Gasteiger partial charge < -0.3 is 9.80 Å². The van der Waals surface area contributed by atoms with Crippen LogP contribution in [0.25, 0.3) is 0 Å². The number of fused-ring (bicyclic) bond motifs is 3. The van der Waals surface area contributed by atoms with Crippen LogP contribution in [0.2, 0.25) is 5.02 Å². The molecule has 3 heterocycles. The second-order valence-corrected chi connectivity index (χ2v) is 10.1. The predicted octanol–water partition coefficient (Wildman–Crippen LogP) is 3.39. The third-order valence-corrected chi connectivity index (χ3v) is 7.22. The number of carbonyl (C=O) groups excluding carboxylic acids is 2. The number of nitrogens with zero attached hydrogens (tertiary/aromatic N) is 4. The summed E-state index contributed by atoms with van der Waals surface area (Å²) in [6.07, 6.45) is -0.567. The van der Waals surface area contributed by atoms with Gasteiger partial charge >= 0.3 is 6.03 Å². The Bertz CT molecular complexity index is 1110. The molecule has 4 atom stereocenters. The van der Waals surface area contributed by atoms with Gasteiger partial charge in [0.25, 0.3) is 5.91 Å². The zero-order chi connectivity index (χ0) is 23.4. The first kappa shape index (κ1) is 22.2. The maximum Gasteiger partial charge on any atom is 0.328 e. The van der Waals surface area contributed by atoms with Crippen molar-refractivity contribution in [2.75, 3.05) is 25.0 Å². The average Bonchev–Trinajstić information content (AvgIpc) is 3.16. The fourth-order valence-electron chi connectivity index (χ4n) is 5.43. The fourth-order valence-corrected chi connectivity index (χ4v) is 5.60. The van der Waals surface area contributed by atoms with Crippen LogP contribution >= 0.6 is 11.6 Å². The van der Waals surface area contributed by atoms with E-state index in [4.69, 9.17) is 11.6 Å². The fraction of sp³-hybridized carbons (Fsp3) is 0.440. The van der Waals surface area contributed by atoms with Gasteiger partial charge in [-0.1, -0.05) is 54.4 Å². The van der Waals surface area contributed by atoms with Crippen molar-refractivity contribution in [3.8, 4) is 0 Å². The molecule has 7 nitrogen and oxygen atoms in total. The van der Waals surface area contributed by atoms with E-state index in [0.717, 1.165) is 35.5 Å².